The van der Waals surface area contributed by atoms with Gasteiger partial charge in [0, 0.05) is 37.3 Å². The largest absolute Gasteiger partial charge is 0.373 e. The van der Waals surface area contributed by atoms with E-state index in [-0.39, 0.29) is 35.4 Å². The highest BCUT2D eigenvalue weighted by molar-refractivity contribution is 5.79. The van der Waals surface area contributed by atoms with Gasteiger partial charge in [0.05, 0.1) is 18.4 Å². The van der Waals surface area contributed by atoms with E-state index in [1.807, 2.05) is 54.3 Å². The normalized spacial score (nSPS) is 21.9. The van der Waals surface area contributed by atoms with E-state index in [1.54, 1.807) is 16.7 Å². The summed E-state index contributed by atoms with van der Waals surface area (Å²) in [6, 6.07) is 18.0. The molecule has 7 nitrogen and oxygen atoms in total. The molecule has 2 heterocycles. The summed E-state index contributed by atoms with van der Waals surface area (Å²) in [6.45, 7) is 3.96. The van der Waals surface area contributed by atoms with Gasteiger partial charge in [0.15, 0.2) is 0 Å². The van der Waals surface area contributed by atoms with Gasteiger partial charge in [0.2, 0.25) is 5.91 Å². The van der Waals surface area contributed by atoms with E-state index in [9.17, 15) is 14.0 Å². The maximum Gasteiger partial charge on any atom is 0.354 e. The molecule has 2 aliphatic rings. The number of benzene rings is 2. The highest BCUT2D eigenvalue weighted by Gasteiger charge is 2.35. The predicted molar refractivity (Wildman–Crippen MR) is 131 cm³/mol. The topological polar surface area (TPSA) is 76.5 Å². The quantitative estimate of drug-likeness (QED) is 0.591. The smallest absolute Gasteiger partial charge is 0.354 e. The second-order valence-corrected chi connectivity index (χ2v) is 9.31. The van der Waals surface area contributed by atoms with Crippen LogP contribution in [0.25, 0.3) is 5.69 Å². The summed E-state index contributed by atoms with van der Waals surface area (Å²) in [6.07, 6.45) is 1.27. The van der Waals surface area contributed by atoms with Crippen molar-refractivity contribution in [3.63, 3.8) is 0 Å². The number of carbonyl (C=O) groups excluding carboxylic acids is 1. The number of morpholine rings is 1. The molecule has 182 valence electrons. The van der Waals surface area contributed by atoms with E-state index in [0.29, 0.717) is 32.1 Å². The van der Waals surface area contributed by atoms with Gasteiger partial charge in [-0.15, -0.1) is 0 Å². The summed E-state index contributed by atoms with van der Waals surface area (Å²) >= 11 is 0. The van der Waals surface area contributed by atoms with Crippen LogP contribution >= 0.6 is 0 Å². The number of aromatic nitrogens is 2. The molecule has 0 bridgehead atoms. The summed E-state index contributed by atoms with van der Waals surface area (Å²) in [5, 5.41) is 3.01. The first-order valence-corrected chi connectivity index (χ1v) is 12.0. The third kappa shape index (κ3) is 5.12. The number of amides is 1. The number of hydrogen-bond acceptors (Lipinski definition) is 5. The zero-order valence-corrected chi connectivity index (χ0v) is 19.7. The van der Waals surface area contributed by atoms with Gasteiger partial charge in [-0.05, 0) is 55.5 Å². The molecule has 1 saturated heterocycles. The summed E-state index contributed by atoms with van der Waals surface area (Å²) in [4.78, 5) is 31.7. The molecule has 1 unspecified atom stereocenters. The van der Waals surface area contributed by atoms with Crippen molar-refractivity contribution in [2.24, 2.45) is 5.92 Å². The number of nitrogens with one attached hydrogen (secondary N) is 1. The van der Waals surface area contributed by atoms with E-state index >= 15 is 0 Å². The van der Waals surface area contributed by atoms with Crippen LogP contribution in [0.5, 0.6) is 0 Å². The summed E-state index contributed by atoms with van der Waals surface area (Å²) in [5.41, 5.74) is 2.23. The monoisotopic (exact) mass is 476 g/mol. The zero-order valence-electron chi connectivity index (χ0n) is 19.7. The molecule has 1 aliphatic carbocycles. The molecule has 1 aromatic heterocycles. The van der Waals surface area contributed by atoms with Crippen LogP contribution in [-0.2, 0) is 9.53 Å². The molecule has 1 aliphatic heterocycles. The Morgan fingerprint density at radius 2 is 1.94 bits per heavy atom. The molecular weight excluding hydrogens is 447 g/mol. The molecule has 35 heavy (non-hydrogen) atoms. The highest BCUT2D eigenvalue weighted by atomic mass is 19.1. The van der Waals surface area contributed by atoms with E-state index in [4.69, 9.17) is 4.74 Å². The second kappa shape index (κ2) is 10.00. The van der Waals surface area contributed by atoms with Crippen molar-refractivity contribution in [3.8, 4) is 5.69 Å². The number of ether oxygens (including phenoxy) is 1. The molecule has 5 rings (SSSR count). The number of rotatable bonds is 6. The van der Waals surface area contributed by atoms with Crippen LogP contribution in [0.3, 0.4) is 0 Å². The second-order valence-electron chi connectivity index (χ2n) is 9.31. The fraction of sp³-hybridized carbons (Fsp3) is 0.370. The molecule has 1 amide bonds. The number of halogens is 1. The summed E-state index contributed by atoms with van der Waals surface area (Å²) < 4.78 is 20.9. The lowest BCUT2D eigenvalue weighted by Gasteiger charge is -2.36. The van der Waals surface area contributed by atoms with Crippen molar-refractivity contribution < 1.29 is 13.9 Å². The van der Waals surface area contributed by atoms with Crippen molar-refractivity contribution >= 4 is 11.7 Å². The molecular formula is C27H29FN4O3. The number of hydrogen-bond donors (Lipinski definition) is 1. The first-order chi connectivity index (χ1) is 17.0. The number of anilines is 1. The van der Waals surface area contributed by atoms with Gasteiger partial charge in [-0.3, -0.25) is 9.36 Å². The highest BCUT2D eigenvalue weighted by Crippen LogP contribution is 2.41. The van der Waals surface area contributed by atoms with Crippen molar-refractivity contribution in [3.05, 3.63) is 88.2 Å². The van der Waals surface area contributed by atoms with Crippen LogP contribution in [0.2, 0.25) is 0 Å². The summed E-state index contributed by atoms with van der Waals surface area (Å²) in [5.74, 6) is 0.568. The lowest BCUT2D eigenvalue weighted by molar-refractivity contribution is -0.128. The van der Waals surface area contributed by atoms with Gasteiger partial charge in [0.25, 0.3) is 0 Å². The van der Waals surface area contributed by atoms with Crippen molar-refractivity contribution in [1.82, 2.24) is 14.9 Å². The predicted octanol–water partition coefficient (Wildman–Crippen LogP) is 3.20. The average molecular weight is 477 g/mol. The lowest BCUT2D eigenvalue weighted by atomic mass is 9.71. The lowest BCUT2D eigenvalue weighted by Crippen LogP contribution is -2.49. The Hall–Kier alpha value is -3.52. The SMILES string of the molecule is Cc1cc(N2CCOC(CNC(=O)C3CC(c4cccc(F)c4)C3)C2)nc(=O)n1-c1ccccc1. The van der Waals surface area contributed by atoms with E-state index in [0.717, 1.165) is 29.8 Å². The van der Waals surface area contributed by atoms with E-state index in [2.05, 4.69) is 10.3 Å². The number of aryl methyl sites for hydroxylation is 1. The van der Waals surface area contributed by atoms with Crippen LogP contribution in [0, 0.1) is 18.7 Å². The molecule has 1 N–H and O–H groups in total. The maximum absolute atomic E-state index is 13.4. The van der Waals surface area contributed by atoms with Gasteiger partial charge >= 0.3 is 5.69 Å². The van der Waals surface area contributed by atoms with Crippen molar-refractivity contribution in [1.29, 1.82) is 0 Å². The minimum Gasteiger partial charge on any atom is -0.373 e. The Kier molecular flexibility index (Phi) is 6.63. The van der Waals surface area contributed by atoms with Crippen LogP contribution in [0.1, 0.15) is 30.0 Å². The third-order valence-corrected chi connectivity index (χ3v) is 6.90. The van der Waals surface area contributed by atoms with Crippen molar-refractivity contribution in [2.45, 2.75) is 31.8 Å². The molecule has 3 aromatic rings. The van der Waals surface area contributed by atoms with Crippen LogP contribution < -0.4 is 15.9 Å². The molecule has 2 fully saturated rings. The molecule has 0 spiro atoms. The molecule has 0 radical (unpaired) electrons. The maximum atomic E-state index is 13.4. The molecule has 8 heteroatoms. The van der Waals surface area contributed by atoms with Crippen LogP contribution in [-0.4, -0.2) is 47.8 Å². The minimum absolute atomic E-state index is 0.0119. The molecule has 1 atom stereocenters. The third-order valence-electron chi connectivity index (χ3n) is 6.90. The molecule has 1 saturated carbocycles. The Morgan fingerprint density at radius 1 is 1.14 bits per heavy atom. The Balaban J connectivity index is 1.16. The molecule has 2 aromatic carbocycles. The van der Waals surface area contributed by atoms with Gasteiger partial charge in [-0.25, -0.2) is 9.18 Å². The van der Waals surface area contributed by atoms with Gasteiger partial charge < -0.3 is 15.0 Å². The van der Waals surface area contributed by atoms with E-state index < -0.39 is 0 Å². The standard InChI is InChI=1S/C27H29FN4O3/c1-18-12-25(30-27(34)32(18)23-8-3-2-4-9-23)31-10-11-35-24(17-31)16-29-26(33)21-13-20(14-21)19-6-5-7-22(28)15-19/h2-9,12,15,20-21,24H,10-11,13-14,16-17H2,1H3,(H,29,33). The Bertz CT molecular complexity index is 1260. The Morgan fingerprint density at radius 3 is 2.69 bits per heavy atom. The first-order valence-electron chi connectivity index (χ1n) is 12.0. The van der Waals surface area contributed by atoms with E-state index in [1.165, 1.54) is 6.07 Å². The van der Waals surface area contributed by atoms with Crippen LogP contribution in [0.4, 0.5) is 10.2 Å². The van der Waals surface area contributed by atoms with Crippen molar-refractivity contribution in [2.75, 3.05) is 31.1 Å². The van der Waals surface area contributed by atoms with Gasteiger partial charge in [-0.2, -0.15) is 4.98 Å². The van der Waals surface area contributed by atoms with Gasteiger partial charge in [0.1, 0.15) is 11.6 Å². The van der Waals surface area contributed by atoms with Gasteiger partial charge in [-0.1, -0.05) is 30.3 Å². The first kappa shape index (κ1) is 23.2. The number of nitrogens with zero attached hydrogens (tertiary/aromatic N) is 3. The minimum atomic E-state index is -0.319. The zero-order chi connectivity index (χ0) is 24.4. The van der Waals surface area contributed by atoms with Crippen LogP contribution in [0.15, 0.2) is 65.5 Å². The average Bonchev–Trinajstić information content (AvgIpc) is 2.82. The fourth-order valence-electron chi connectivity index (χ4n) is 4.91. The Labute approximate surface area is 203 Å². The number of carbonyl (C=O) groups is 1. The fourth-order valence-corrected chi connectivity index (χ4v) is 4.91. The summed E-state index contributed by atoms with van der Waals surface area (Å²) in [7, 11) is 0. The number of para-hydroxylation sites is 1.